The highest BCUT2D eigenvalue weighted by Crippen LogP contribution is 2.02. The summed E-state index contributed by atoms with van der Waals surface area (Å²) in [5.41, 5.74) is 1.03. The summed E-state index contributed by atoms with van der Waals surface area (Å²) in [6.45, 7) is 10.5. The summed E-state index contributed by atoms with van der Waals surface area (Å²) in [5.74, 6) is 0.570. The molecule has 1 aromatic rings. The Balaban J connectivity index is 1.64. The highest BCUT2D eigenvalue weighted by Gasteiger charge is 2.14. The van der Waals surface area contributed by atoms with E-state index < -0.39 is 0 Å². The first-order valence-electron chi connectivity index (χ1n) is 8.35. The molecule has 6 heteroatoms. The van der Waals surface area contributed by atoms with Gasteiger partial charge >= 0.3 is 0 Å². The number of benzene rings is 1. The van der Waals surface area contributed by atoms with Gasteiger partial charge in [-0.05, 0) is 24.2 Å². The van der Waals surface area contributed by atoms with Crippen molar-refractivity contribution in [2.75, 3.05) is 52.9 Å². The minimum atomic E-state index is -0.209. The van der Waals surface area contributed by atoms with Crippen LogP contribution in [0.4, 0.5) is 4.39 Å². The van der Waals surface area contributed by atoms with E-state index in [4.69, 9.17) is 0 Å². The Labute approximate surface area is 138 Å². The Morgan fingerprint density at radius 1 is 1.09 bits per heavy atom. The third-order valence-corrected chi connectivity index (χ3v) is 4.23. The summed E-state index contributed by atoms with van der Waals surface area (Å²) < 4.78 is 12.9. The number of rotatable bonds is 6. The van der Waals surface area contributed by atoms with Crippen molar-refractivity contribution in [3.05, 3.63) is 35.6 Å². The van der Waals surface area contributed by atoms with Crippen LogP contribution in [0.15, 0.2) is 29.3 Å². The SMILES string of the molecule is CCN1CCN(CCNC(=NC)NCc2ccc(F)cc2)CC1. The lowest BCUT2D eigenvalue weighted by Crippen LogP contribution is -2.49. The van der Waals surface area contributed by atoms with E-state index in [0.717, 1.165) is 57.3 Å². The molecule has 1 aliphatic heterocycles. The van der Waals surface area contributed by atoms with Crippen molar-refractivity contribution in [3.63, 3.8) is 0 Å². The summed E-state index contributed by atoms with van der Waals surface area (Å²) >= 11 is 0. The summed E-state index contributed by atoms with van der Waals surface area (Å²) in [5, 5.41) is 6.58. The molecule has 1 saturated heterocycles. The van der Waals surface area contributed by atoms with Gasteiger partial charge in [0.1, 0.15) is 5.82 Å². The molecule has 23 heavy (non-hydrogen) atoms. The first-order valence-corrected chi connectivity index (χ1v) is 8.35. The van der Waals surface area contributed by atoms with Crippen LogP contribution in [0.1, 0.15) is 12.5 Å². The molecule has 1 aliphatic rings. The van der Waals surface area contributed by atoms with Gasteiger partial charge in [-0.25, -0.2) is 4.39 Å². The minimum absolute atomic E-state index is 0.209. The number of aliphatic imine (C=N–C) groups is 1. The molecule has 128 valence electrons. The number of nitrogens with zero attached hydrogens (tertiary/aromatic N) is 3. The van der Waals surface area contributed by atoms with E-state index in [9.17, 15) is 4.39 Å². The fraction of sp³-hybridized carbons (Fsp3) is 0.588. The van der Waals surface area contributed by atoms with E-state index in [2.05, 4.69) is 32.3 Å². The predicted octanol–water partition coefficient (Wildman–Crippen LogP) is 1.13. The molecule has 0 unspecified atom stereocenters. The maximum atomic E-state index is 12.9. The van der Waals surface area contributed by atoms with E-state index in [1.54, 1.807) is 19.2 Å². The normalized spacial score (nSPS) is 17.3. The maximum absolute atomic E-state index is 12.9. The lowest BCUT2D eigenvalue weighted by Gasteiger charge is -2.34. The number of halogens is 1. The van der Waals surface area contributed by atoms with Crippen molar-refractivity contribution in [3.8, 4) is 0 Å². The molecule has 1 heterocycles. The zero-order chi connectivity index (χ0) is 16.5. The third-order valence-electron chi connectivity index (χ3n) is 4.23. The summed E-state index contributed by atoms with van der Waals surface area (Å²) in [6, 6.07) is 6.51. The highest BCUT2D eigenvalue weighted by molar-refractivity contribution is 5.79. The largest absolute Gasteiger partial charge is 0.355 e. The molecular weight excluding hydrogens is 293 g/mol. The van der Waals surface area contributed by atoms with Crippen LogP contribution in [0.3, 0.4) is 0 Å². The Hall–Kier alpha value is -1.66. The van der Waals surface area contributed by atoms with Crippen LogP contribution in [-0.4, -0.2) is 68.6 Å². The second-order valence-corrected chi connectivity index (χ2v) is 5.75. The fourth-order valence-corrected chi connectivity index (χ4v) is 2.67. The van der Waals surface area contributed by atoms with Gasteiger partial charge in [-0.1, -0.05) is 19.1 Å². The van der Waals surface area contributed by atoms with E-state index in [-0.39, 0.29) is 5.82 Å². The average molecular weight is 321 g/mol. The van der Waals surface area contributed by atoms with E-state index in [1.807, 2.05) is 0 Å². The zero-order valence-corrected chi connectivity index (χ0v) is 14.2. The molecule has 0 radical (unpaired) electrons. The molecule has 2 rings (SSSR count). The van der Waals surface area contributed by atoms with Crippen molar-refractivity contribution in [1.29, 1.82) is 0 Å². The van der Waals surface area contributed by atoms with Crippen LogP contribution in [-0.2, 0) is 6.54 Å². The molecule has 2 N–H and O–H groups in total. The van der Waals surface area contributed by atoms with Crippen LogP contribution in [0.25, 0.3) is 0 Å². The Morgan fingerprint density at radius 2 is 1.74 bits per heavy atom. The topological polar surface area (TPSA) is 42.9 Å². The van der Waals surface area contributed by atoms with Gasteiger partial charge in [-0.2, -0.15) is 0 Å². The summed E-state index contributed by atoms with van der Waals surface area (Å²) in [6.07, 6.45) is 0. The number of guanidine groups is 1. The fourth-order valence-electron chi connectivity index (χ4n) is 2.67. The molecule has 0 aliphatic carbocycles. The van der Waals surface area contributed by atoms with Gasteiger partial charge in [0.15, 0.2) is 5.96 Å². The van der Waals surface area contributed by atoms with Gasteiger partial charge in [0.25, 0.3) is 0 Å². The Bertz CT molecular complexity index is 480. The number of hydrogen-bond acceptors (Lipinski definition) is 3. The first-order chi connectivity index (χ1) is 11.2. The van der Waals surface area contributed by atoms with Gasteiger partial charge < -0.3 is 15.5 Å². The van der Waals surface area contributed by atoms with Gasteiger partial charge in [0, 0.05) is 52.9 Å². The Morgan fingerprint density at radius 3 is 2.35 bits per heavy atom. The van der Waals surface area contributed by atoms with Crippen LogP contribution < -0.4 is 10.6 Å². The van der Waals surface area contributed by atoms with Crippen LogP contribution in [0, 0.1) is 5.82 Å². The quantitative estimate of drug-likeness (QED) is 0.609. The second kappa shape index (κ2) is 9.47. The molecule has 0 bridgehead atoms. The van der Waals surface area contributed by atoms with Crippen molar-refractivity contribution < 1.29 is 4.39 Å². The smallest absolute Gasteiger partial charge is 0.191 e. The molecule has 0 atom stereocenters. The second-order valence-electron chi connectivity index (χ2n) is 5.75. The van der Waals surface area contributed by atoms with Crippen molar-refractivity contribution in [1.82, 2.24) is 20.4 Å². The molecule has 1 aromatic carbocycles. The number of nitrogens with one attached hydrogen (secondary N) is 2. The van der Waals surface area contributed by atoms with Crippen LogP contribution in [0.2, 0.25) is 0 Å². The van der Waals surface area contributed by atoms with Gasteiger partial charge in [-0.3, -0.25) is 9.89 Å². The number of piperazine rings is 1. The molecule has 0 amide bonds. The molecule has 1 fully saturated rings. The molecule has 5 nitrogen and oxygen atoms in total. The highest BCUT2D eigenvalue weighted by atomic mass is 19.1. The zero-order valence-electron chi connectivity index (χ0n) is 14.2. The van der Waals surface area contributed by atoms with Gasteiger partial charge in [-0.15, -0.1) is 0 Å². The number of likely N-dealkylation sites (N-methyl/N-ethyl adjacent to an activating group) is 1. The van der Waals surface area contributed by atoms with Crippen molar-refractivity contribution >= 4 is 5.96 Å². The maximum Gasteiger partial charge on any atom is 0.191 e. The predicted molar refractivity (Wildman–Crippen MR) is 93.2 cm³/mol. The average Bonchev–Trinajstić information content (AvgIpc) is 2.60. The third kappa shape index (κ3) is 6.15. The van der Waals surface area contributed by atoms with Crippen LogP contribution in [0.5, 0.6) is 0 Å². The van der Waals surface area contributed by atoms with Gasteiger partial charge in [0.2, 0.25) is 0 Å². The standard InChI is InChI=1S/C17H28FN5/c1-3-22-10-12-23(13-11-22)9-8-20-17(19-2)21-14-15-4-6-16(18)7-5-15/h4-7H,3,8-14H2,1-2H3,(H2,19,20,21). The molecule has 0 saturated carbocycles. The molecule has 0 spiro atoms. The van der Waals surface area contributed by atoms with Crippen LogP contribution >= 0.6 is 0 Å². The van der Waals surface area contributed by atoms with Gasteiger partial charge in [0.05, 0.1) is 0 Å². The van der Waals surface area contributed by atoms with Crippen molar-refractivity contribution in [2.24, 2.45) is 4.99 Å². The molecular formula is C17H28FN5. The van der Waals surface area contributed by atoms with E-state index >= 15 is 0 Å². The minimum Gasteiger partial charge on any atom is -0.355 e. The lowest BCUT2D eigenvalue weighted by molar-refractivity contribution is 0.139. The first kappa shape index (κ1) is 17.7. The number of hydrogen-bond donors (Lipinski definition) is 2. The summed E-state index contributed by atoms with van der Waals surface area (Å²) in [4.78, 5) is 9.18. The summed E-state index contributed by atoms with van der Waals surface area (Å²) in [7, 11) is 1.76. The monoisotopic (exact) mass is 321 g/mol. The van der Waals surface area contributed by atoms with E-state index in [0.29, 0.717) is 6.54 Å². The Kier molecular flexibility index (Phi) is 7.29. The van der Waals surface area contributed by atoms with E-state index in [1.165, 1.54) is 12.1 Å². The lowest BCUT2D eigenvalue weighted by atomic mass is 10.2. The van der Waals surface area contributed by atoms with Crippen molar-refractivity contribution in [2.45, 2.75) is 13.5 Å². The molecule has 0 aromatic heterocycles.